The number of thiophene rings is 2. The minimum Gasteiger partial charge on any atom is -0.495 e. The third-order valence-corrected chi connectivity index (χ3v) is 16.8. The molecule has 0 radical (unpaired) electrons. The fraction of sp³-hybridized carbons (Fsp3) is 0.377. The average molecular weight is 1020 g/mol. The number of amides is 2. The van der Waals surface area contributed by atoms with E-state index in [4.69, 9.17) is 16.3 Å². The van der Waals surface area contributed by atoms with Crippen LogP contribution in [0.2, 0.25) is 5.15 Å². The van der Waals surface area contributed by atoms with Crippen molar-refractivity contribution in [3.05, 3.63) is 128 Å². The Balaban J connectivity index is 0.000000185. The zero-order chi connectivity index (χ0) is 48.9. The Labute approximate surface area is 426 Å². The molecule has 2 atom stereocenters. The molecule has 0 bridgehead atoms. The molecule has 10 rings (SSSR count). The van der Waals surface area contributed by atoms with Crippen molar-refractivity contribution in [1.82, 2.24) is 39.5 Å². The molecule has 13 nitrogen and oxygen atoms in total. The van der Waals surface area contributed by atoms with Crippen molar-refractivity contribution >= 4 is 94.9 Å². The molecule has 2 amide bonds. The fourth-order valence-corrected chi connectivity index (χ4v) is 13.3. The van der Waals surface area contributed by atoms with E-state index in [1.54, 1.807) is 36.1 Å². The summed E-state index contributed by atoms with van der Waals surface area (Å²) < 4.78 is 5.66. The summed E-state index contributed by atoms with van der Waals surface area (Å²) in [6.07, 6.45) is 8.27. The number of hydrogen-bond donors (Lipinski definition) is 1. The van der Waals surface area contributed by atoms with Gasteiger partial charge in [-0.3, -0.25) is 14.4 Å². The number of hydrogen-bond acceptors (Lipinski definition) is 14. The van der Waals surface area contributed by atoms with E-state index in [1.165, 1.54) is 44.5 Å². The van der Waals surface area contributed by atoms with Gasteiger partial charge in [-0.1, -0.05) is 84.0 Å². The fourth-order valence-electron chi connectivity index (χ4n) is 9.54. The van der Waals surface area contributed by atoms with E-state index in [0.29, 0.717) is 43.4 Å². The summed E-state index contributed by atoms with van der Waals surface area (Å²) in [4.78, 5) is 70.6. The van der Waals surface area contributed by atoms with E-state index in [9.17, 15) is 14.4 Å². The van der Waals surface area contributed by atoms with Crippen LogP contribution in [0.25, 0.3) is 20.4 Å². The molecule has 5 heterocycles. The van der Waals surface area contributed by atoms with Crippen LogP contribution in [0.4, 0.5) is 11.5 Å². The maximum Gasteiger partial charge on any atom is 0.226 e. The molecule has 364 valence electrons. The Morgan fingerprint density at radius 2 is 1.24 bits per heavy atom. The maximum atomic E-state index is 13.9. The smallest absolute Gasteiger partial charge is 0.226 e. The van der Waals surface area contributed by atoms with Gasteiger partial charge in [-0.2, -0.15) is 0 Å². The van der Waals surface area contributed by atoms with E-state index < -0.39 is 0 Å². The van der Waals surface area contributed by atoms with Crippen LogP contribution in [0.5, 0.6) is 5.75 Å². The van der Waals surface area contributed by atoms with Gasteiger partial charge in [0.2, 0.25) is 11.8 Å². The van der Waals surface area contributed by atoms with Gasteiger partial charge in [0.1, 0.15) is 39.0 Å². The highest BCUT2D eigenvalue weighted by Crippen LogP contribution is 2.44. The normalized spacial score (nSPS) is 16.1. The monoisotopic (exact) mass is 1020 g/mol. The lowest BCUT2D eigenvalue weighted by Crippen LogP contribution is -2.41. The van der Waals surface area contributed by atoms with Crippen LogP contribution in [0.3, 0.4) is 0 Å². The summed E-state index contributed by atoms with van der Waals surface area (Å²) in [6.45, 7) is 4.37. The first-order valence-electron chi connectivity index (χ1n) is 23.7. The number of methoxy groups -OCH3 is 1. The van der Waals surface area contributed by atoms with Gasteiger partial charge in [0.15, 0.2) is 5.12 Å². The minimum atomic E-state index is -0.0582. The number of nitrogens with zero attached hydrogens (tertiary/aromatic N) is 8. The van der Waals surface area contributed by atoms with Crippen LogP contribution >= 0.6 is 46.0 Å². The second kappa shape index (κ2) is 22.3. The van der Waals surface area contributed by atoms with E-state index in [1.807, 2.05) is 86.5 Å². The number of anilines is 2. The number of aromatic nitrogens is 4. The van der Waals surface area contributed by atoms with Gasteiger partial charge in [-0.25, -0.2) is 19.9 Å². The standard InChI is InChI=1S/C31H33N5O3S2.C22H25ClN4OS/c1-35(2)11-12-36(17-19-7-5-4-6-8-19)31(38)20-9-10-22-26(14-20)41-30-28(22)29(32-18-33-30)34-23-16-25-21(13-24(23)39-3)15-27(37)40-25;1-26(2)10-11-27(13-15-6-4-3-5-7-15)22(28)16-8-9-17-18(12-16)29-21-19(17)20(23)24-14-25-21/h4-8,13,16,18,20H,9-12,14-15,17H2,1-3H3,(H,32,33,34);3-7,14,16H,8-13H2,1-2H3. The molecule has 2 unspecified atom stereocenters. The maximum absolute atomic E-state index is 13.9. The first-order chi connectivity index (χ1) is 33.9. The molecule has 3 aliphatic rings. The van der Waals surface area contributed by atoms with Gasteiger partial charge < -0.3 is 29.7 Å². The molecule has 0 spiro atoms. The number of carbonyl (C=O) groups excluding carboxylic acids is 3. The second-order valence-electron chi connectivity index (χ2n) is 18.7. The SMILES string of the molecule is CN(C)CCN(Cc1ccccc1)C(=O)C1CCc2c(sc3ncnc(Cl)c23)C1.COc1cc2c(cc1Nc1ncnc3sc4c(c13)CCC(C(=O)N(CCN(C)C)Cc1ccccc1)C4)SC(=O)C2. The van der Waals surface area contributed by atoms with Gasteiger partial charge in [-0.15, -0.1) is 22.7 Å². The summed E-state index contributed by atoms with van der Waals surface area (Å²) in [6, 6.07) is 24.4. The Morgan fingerprint density at radius 3 is 1.79 bits per heavy atom. The van der Waals surface area contributed by atoms with Crippen LogP contribution in [-0.2, 0) is 59.6 Å². The quantitative estimate of drug-likeness (QED) is 0.0981. The molecule has 2 aliphatic carbocycles. The van der Waals surface area contributed by atoms with E-state index in [2.05, 4.69) is 59.3 Å². The first kappa shape index (κ1) is 49.5. The van der Waals surface area contributed by atoms with Crippen LogP contribution in [0.1, 0.15) is 50.4 Å². The molecule has 17 heteroatoms. The second-order valence-corrected chi connectivity index (χ2v) is 22.3. The van der Waals surface area contributed by atoms with Gasteiger partial charge >= 0.3 is 0 Å². The number of ether oxygens (including phenoxy) is 1. The van der Waals surface area contributed by atoms with Gasteiger partial charge in [0.25, 0.3) is 0 Å². The lowest BCUT2D eigenvalue weighted by molar-refractivity contribution is -0.137. The predicted molar refractivity (Wildman–Crippen MR) is 283 cm³/mol. The molecule has 0 saturated heterocycles. The molecule has 0 fully saturated rings. The number of aryl methyl sites for hydroxylation is 2. The van der Waals surface area contributed by atoms with Crippen molar-refractivity contribution in [2.75, 3.05) is 66.8 Å². The van der Waals surface area contributed by atoms with Gasteiger partial charge in [0, 0.05) is 72.2 Å². The number of carbonyl (C=O) groups is 3. The average Bonchev–Trinajstić information content (AvgIpc) is 4.06. The van der Waals surface area contributed by atoms with E-state index in [-0.39, 0.29) is 28.8 Å². The molecule has 4 aromatic heterocycles. The highest BCUT2D eigenvalue weighted by Gasteiger charge is 2.34. The van der Waals surface area contributed by atoms with Crippen molar-refractivity contribution in [2.45, 2.75) is 62.9 Å². The summed E-state index contributed by atoms with van der Waals surface area (Å²) in [5, 5.41) is 6.14. The molecule has 7 aromatic rings. The van der Waals surface area contributed by atoms with Crippen LogP contribution in [0, 0.1) is 11.8 Å². The molecule has 70 heavy (non-hydrogen) atoms. The van der Waals surface area contributed by atoms with Gasteiger partial charge in [0.05, 0.1) is 23.6 Å². The molecular formula is C53H58ClN9O4S3. The summed E-state index contributed by atoms with van der Waals surface area (Å²) in [5.74, 6) is 1.82. The Kier molecular flexibility index (Phi) is 15.8. The highest BCUT2D eigenvalue weighted by atomic mass is 35.5. The number of fused-ring (bicyclic) bond motifs is 7. The number of benzene rings is 3. The third-order valence-electron chi connectivity index (χ3n) is 13.2. The molecule has 3 aromatic carbocycles. The van der Waals surface area contributed by atoms with Crippen molar-refractivity contribution in [2.24, 2.45) is 11.8 Å². The number of rotatable bonds is 15. The summed E-state index contributed by atoms with van der Waals surface area (Å²) in [7, 11) is 9.80. The molecule has 1 N–H and O–H groups in total. The largest absolute Gasteiger partial charge is 0.495 e. The zero-order valence-electron chi connectivity index (χ0n) is 40.2. The summed E-state index contributed by atoms with van der Waals surface area (Å²) >= 11 is 10.9. The third kappa shape index (κ3) is 11.3. The Morgan fingerprint density at radius 1 is 0.714 bits per heavy atom. The number of halogens is 1. The molecule has 0 saturated carbocycles. The van der Waals surface area contributed by atoms with Crippen molar-refractivity contribution in [3.63, 3.8) is 0 Å². The van der Waals surface area contributed by atoms with Crippen molar-refractivity contribution in [1.29, 1.82) is 0 Å². The molecule has 1 aliphatic heterocycles. The summed E-state index contributed by atoms with van der Waals surface area (Å²) in [5.41, 5.74) is 6.54. The van der Waals surface area contributed by atoms with Crippen molar-refractivity contribution < 1.29 is 19.1 Å². The molecular weight excluding hydrogens is 958 g/mol. The van der Waals surface area contributed by atoms with Crippen LogP contribution in [-0.4, -0.2) is 118 Å². The van der Waals surface area contributed by atoms with Crippen LogP contribution in [0.15, 0.2) is 90.3 Å². The predicted octanol–water partition coefficient (Wildman–Crippen LogP) is 9.35. The van der Waals surface area contributed by atoms with Crippen molar-refractivity contribution in [3.8, 4) is 5.75 Å². The lowest BCUT2D eigenvalue weighted by Gasteiger charge is -2.30. The topological polar surface area (TPSA) is 137 Å². The Bertz CT molecular complexity index is 3000. The number of nitrogens with one attached hydrogen (secondary N) is 1. The van der Waals surface area contributed by atoms with E-state index >= 15 is 0 Å². The highest BCUT2D eigenvalue weighted by molar-refractivity contribution is 8.14. The number of thioether (sulfide) groups is 1. The Hall–Kier alpha value is -5.49. The lowest BCUT2D eigenvalue weighted by atomic mass is 9.86. The first-order valence-corrected chi connectivity index (χ1v) is 26.5. The zero-order valence-corrected chi connectivity index (χ0v) is 43.4. The van der Waals surface area contributed by atoms with E-state index in [0.717, 1.165) is 99.7 Å². The van der Waals surface area contributed by atoms with Gasteiger partial charge in [-0.05, 0) is 107 Å². The van der Waals surface area contributed by atoms with Crippen LogP contribution < -0.4 is 10.1 Å². The minimum absolute atomic E-state index is 0.00757. The number of likely N-dealkylation sites (N-methyl/N-ethyl adjacent to an activating group) is 2.